The van der Waals surface area contributed by atoms with Crippen LogP contribution in [-0.2, 0) is 23.7 Å². The van der Waals surface area contributed by atoms with Crippen molar-refractivity contribution in [3.8, 4) is 0 Å². The number of rotatable bonds is 2. The highest BCUT2D eigenvalue weighted by atomic mass is 16.9. The summed E-state index contributed by atoms with van der Waals surface area (Å²) in [6, 6.07) is 0. The monoisotopic (exact) mass is 285 g/mol. The van der Waals surface area contributed by atoms with Crippen molar-refractivity contribution in [3.63, 3.8) is 0 Å². The summed E-state index contributed by atoms with van der Waals surface area (Å²) in [5.41, 5.74) is 8.49. The fourth-order valence-corrected chi connectivity index (χ4v) is 2.96. The van der Waals surface area contributed by atoms with Gasteiger partial charge < -0.3 is 23.7 Å². The maximum absolute atomic E-state index is 8.49. The Morgan fingerprint density at radius 1 is 0.950 bits per heavy atom. The summed E-state index contributed by atoms with van der Waals surface area (Å²) in [6.07, 6.45) is -1.93. The third-order valence-electron chi connectivity index (χ3n) is 3.58. The zero-order valence-electron chi connectivity index (χ0n) is 12.0. The molecule has 0 aromatic rings. The van der Waals surface area contributed by atoms with Crippen LogP contribution in [0.4, 0.5) is 0 Å². The Hall–Kier alpha value is -0.890. The Morgan fingerprint density at radius 3 is 2.25 bits per heavy atom. The van der Waals surface area contributed by atoms with Crippen molar-refractivity contribution in [2.75, 3.05) is 6.54 Å². The lowest BCUT2D eigenvalue weighted by molar-refractivity contribution is -0.231. The summed E-state index contributed by atoms with van der Waals surface area (Å²) in [6.45, 7) is 7.50. The van der Waals surface area contributed by atoms with Crippen LogP contribution in [0.2, 0.25) is 0 Å². The van der Waals surface area contributed by atoms with Gasteiger partial charge in [0.15, 0.2) is 17.9 Å². The van der Waals surface area contributed by atoms with E-state index in [1.807, 2.05) is 27.7 Å². The van der Waals surface area contributed by atoms with Gasteiger partial charge in [-0.15, -0.1) is 0 Å². The molecular formula is C12H19N3O5. The Balaban J connectivity index is 1.85. The molecule has 8 nitrogen and oxygen atoms in total. The zero-order chi connectivity index (χ0) is 14.5. The first-order chi connectivity index (χ1) is 9.31. The fourth-order valence-electron chi connectivity index (χ4n) is 2.96. The molecule has 8 heteroatoms. The summed E-state index contributed by atoms with van der Waals surface area (Å²) in [5.74, 6) is -1.46. The molecule has 3 aliphatic heterocycles. The number of nitrogens with zero attached hydrogens (tertiary/aromatic N) is 3. The Bertz CT molecular complexity index is 448. The van der Waals surface area contributed by atoms with E-state index >= 15 is 0 Å². The lowest BCUT2D eigenvalue weighted by Gasteiger charge is -2.36. The second-order valence-electron chi connectivity index (χ2n) is 6.12. The Kier molecular flexibility index (Phi) is 3.20. The molecule has 0 saturated carbocycles. The molecule has 112 valence electrons. The molecule has 3 rings (SSSR count). The molecule has 3 fully saturated rings. The predicted octanol–water partition coefficient (Wildman–Crippen LogP) is 1.69. The summed E-state index contributed by atoms with van der Waals surface area (Å²) in [5, 5.41) is 3.58. The third-order valence-corrected chi connectivity index (χ3v) is 3.58. The number of hydrogen-bond acceptors (Lipinski definition) is 6. The van der Waals surface area contributed by atoms with Crippen molar-refractivity contribution in [1.29, 1.82) is 0 Å². The molecule has 0 bridgehead atoms. The molecule has 0 N–H and O–H groups in total. The van der Waals surface area contributed by atoms with Crippen molar-refractivity contribution in [2.45, 2.75) is 70.0 Å². The van der Waals surface area contributed by atoms with E-state index in [0.717, 1.165) is 0 Å². The van der Waals surface area contributed by atoms with Gasteiger partial charge in [-0.1, -0.05) is 5.11 Å². The molecular weight excluding hydrogens is 266 g/mol. The molecule has 0 radical (unpaired) electrons. The van der Waals surface area contributed by atoms with Gasteiger partial charge in [0.2, 0.25) is 0 Å². The SMILES string of the molecule is CC1(C)OC2[C@H](OC(CN=[N+]=[N-])[C@@H]3OC(C)(C)O[C@H]23)O1. The van der Waals surface area contributed by atoms with Crippen LogP contribution in [0.1, 0.15) is 27.7 Å². The average Bonchev–Trinajstić information content (AvgIpc) is 2.80. The standard InChI is InChI=1S/C12H19N3O5/c1-11(2)17-7-6(5-14-15-13)16-10-9(8(7)18-11)19-12(3,4)20-10/h6-10H,5H2,1-4H3/t6?,7-,8-,9?,10+/m0/s1. The molecule has 3 saturated heterocycles. The summed E-state index contributed by atoms with van der Waals surface area (Å²) in [7, 11) is 0. The van der Waals surface area contributed by atoms with Crippen molar-refractivity contribution in [1.82, 2.24) is 0 Å². The Labute approximate surface area is 116 Å². The Morgan fingerprint density at radius 2 is 1.55 bits per heavy atom. The van der Waals surface area contributed by atoms with Crippen LogP contribution in [0.3, 0.4) is 0 Å². The second-order valence-corrected chi connectivity index (χ2v) is 6.12. The van der Waals surface area contributed by atoms with Crippen LogP contribution in [0, 0.1) is 0 Å². The topological polar surface area (TPSA) is 94.9 Å². The quantitative estimate of drug-likeness (QED) is 0.437. The van der Waals surface area contributed by atoms with Crippen molar-refractivity contribution in [2.24, 2.45) is 5.11 Å². The van der Waals surface area contributed by atoms with Gasteiger partial charge in [0.25, 0.3) is 0 Å². The fraction of sp³-hybridized carbons (Fsp3) is 1.00. The molecule has 20 heavy (non-hydrogen) atoms. The van der Waals surface area contributed by atoms with Crippen molar-refractivity contribution >= 4 is 0 Å². The minimum Gasteiger partial charge on any atom is -0.344 e. The van der Waals surface area contributed by atoms with Crippen LogP contribution >= 0.6 is 0 Å². The molecule has 5 atom stereocenters. The van der Waals surface area contributed by atoms with E-state index in [9.17, 15) is 0 Å². The largest absolute Gasteiger partial charge is 0.344 e. The lowest BCUT2D eigenvalue weighted by atomic mass is 9.99. The molecule has 0 aromatic carbocycles. The summed E-state index contributed by atoms with van der Waals surface area (Å²) < 4.78 is 29.2. The predicted molar refractivity (Wildman–Crippen MR) is 66.5 cm³/mol. The molecule has 0 aliphatic carbocycles. The number of hydrogen-bond donors (Lipinski definition) is 0. The van der Waals surface area contributed by atoms with Crippen LogP contribution in [0.15, 0.2) is 5.11 Å². The van der Waals surface area contributed by atoms with E-state index in [-0.39, 0.29) is 24.9 Å². The van der Waals surface area contributed by atoms with Gasteiger partial charge in [0.05, 0.1) is 12.6 Å². The summed E-state index contributed by atoms with van der Waals surface area (Å²) in [4.78, 5) is 2.77. The van der Waals surface area contributed by atoms with Gasteiger partial charge >= 0.3 is 0 Å². The van der Waals surface area contributed by atoms with E-state index in [2.05, 4.69) is 10.0 Å². The highest BCUT2D eigenvalue weighted by Crippen LogP contribution is 2.44. The van der Waals surface area contributed by atoms with Gasteiger partial charge in [-0.05, 0) is 33.2 Å². The highest BCUT2D eigenvalue weighted by Gasteiger charge is 2.60. The van der Waals surface area contributed by atoms with E-state index < -0.39 is 24.0 Å². The average molecular weight is 285 g/mol. The van der Waals surface area contributed by atoms with E-state index in [0.29, 0.717) is 0 Å². The van der Waals surface area contributed by atoms with Gasteiger partial charge in [0, 0.05) is 4.91 Å². The number of azide groups is 1. The minimum absolute atomic E-state index is 0.171. The normalized spacial score (nSPS) is 44.5. The smallest absolute Gasteiger partial charge is 0.190 e. The first kappa shape index (κ1) is 14.1. The molecule has 3 heterocycles. The lowest BCUT2D eigenvalue weighted by Crippen LogP contribution is -2.55. The molecule has 0 aromatic heterocycles. The summed E-state index contributed by atoms with van der Waals surface area (Å²) >= 11 is 0. The van der Waals surface area contributed by atoms with Crippen molar-refractivity contribution in [3.05, 3.63) is 10.4 Å². The zero-order valence-corrected chi connectivity index (χ0v) is 12.0. The number of ether oxygens (including phenoxy) is 5. The number of fused-ring (bicyclic) bond motifs is 3. The van der Waals surface area contributed by atoms with Gasteiger partial charge in [0.1, 0.15) is 18.3 Å². The van der Waals surface area contributed by atoms with Gasteiger partial charge in [-0.25, -0.2) is 0 Å². The van der Waals surface area contributed by atoms with Crippen molar-refractivity contribution < 1.29 is 23.7 Å². The third kappa shape index (κ3) is 2.39. The molecule has 0 spiro atoms. The van der Waals surface area contributed by atoms with E-state index in [1.54, 1.807) is 0 Å². The van der Waals surface area contributed by atoms with Crippen LogP contribution < -0.4 is 0 Å². The highest BCUT2D eigenvalue weighted by molar-refractivity contribution is 5.00. The first-order valence-electron chi connectivity index (χ1n) is 6.69. The maximum atomic E-state index is 8.49. The molecule has 2 unspecified atom stereocenters. The first-order valence-corrected chi connectivity index (χ1v) is 6.69. The van der Waals surface area contributed by atoms with Crippen LogP contribution in [0.25, 0.3) is 10.4 Å². The van der Waals surface area contributed by atoms with Gasteiger partial charge in [-0.3, -0.25) is 0 Å². The molecule has 0 amide bonds. The van der Waals surface area contributed by atoms with Crippen LogP contribution in [-0.4, -0.2) is 48.8 Å². The minimum atomic E-state index is -0.733. The second kappa shape index (κ2) is 4.56. The maximum Gasteiger partial charge on any atom is 0.190 e. The van der Waals surface area contributed by atoms with E-state index in [1.165, 1.54) is 0 Å². The van der Waals surface area contributed by atoms with Crippen LogP contribution in [0.5, 0.6) is 0 Å². The van der Waals surface area contributed by atoms with E-state index in [4.69, 9.17) is 29.2 Å². The van der Waals surface area contributed by atoms with Gasteiger partial charge in [-0.2, -0.15) is 0 Å². The molecule has 3 aliphatic rings.